The lowest BCUT2D eigenvalue weighted by Crippen LogP contribution is -2.26. The number of carbonyl (C=O) groups is 1. The molecular formula is C15H19N7O2. The number of rotatable bonds is 4. The molecule has 0 aliphatic carbocycles. The van der Waals surface area contributed by atoms with E-state index in [1.807, 2.05) is 19.9 Å². The quantitative estimate of drug-likeness (QED) is 0.471. The zero-order chi connectivity index (χ0) is 17.9. The average molecular weight is 329 g/mol. The fourth-order valence-electron chi connectivity index (χ4n) is 2.21. The number of aliphatic imine (C=N–C) groups is 2. The van der Waals surface area contributed by atoms with Gasteiger partial charge >= 0.3 is 5.97 Å². The van der Waals surface area contributed by atoms with Crippen LogP contribution in [0.25, 0.3) is 11.4 Å². The van der Waals surface area contributed by atoms with Crippen LogP contribution in [0, 0.1) is 13.8 Å². The Morgan fingerprint density at radius 3 is 2.62 bits per heavy atom. The van der Waals surface area contributed by atoms with Crippen molar-refractivity contribution in [1.29, 1.82) is 0 Å². The van der Waals surface area contributed by atoms with Gasteiger partial charge in [-0.25, -0.2) is 9.98 Å². The van der Waals surface area contributed by atoms with Crippen LogP contribution in [0.5, 0.6) is 0 Å². The zero-order valence-corrected chi connectivity index (χ0v) is 13.4. The monoisotopic (exact) mass is 329 g/mol. The van der Waals surface area contributed by atoms with E-state index in [0.717, 1.165) is 11.4 Å². The standard InChI is InChI=1S/C15H19N7O2/c1-8-9(2)22(7-12(23)24)13(19-8)10-4-3-5-11(6-10)20-15(18)21-14(16)17/h3-6H,7H2,1-2H3,(H,23,24)(H6,16,17,18,20,21). The number of nitrogens with two attached hydrogens (primary N) is 3. The minimum absolute atomic E-state index is 0.0756. The van der Waals surface area contributed by atoms with Gasteiger partial charge in [-0.1, -0.05) is 12.1 Å². The second kappa shape index (κ2) is 6.82. The molecule has 1 aromatic carbocycles. The first-order valence-electron chi connectivity index (χ1n) is 7.07. The van der Waals surface area contributed by atoms with Gasteiger partial charge in [-0.3, -0.25) is 4.79 Å². The molecule has 2 rings (SSSR count). The summed E-state index contributed by atoms with van der Waals surface area (Å²) in [5.74, 6) is -0.656. The molecule has 0 saturated carbocycles. The van der Waals surface area contributed by atoms with Gasteiger partial charge in [0.1, 0.15) is 12.4 Å². The first-order chi connectivity index (χ1) is 11.3. The third kappa shape index (κ3) is 3.88. The minimum Gasteiger partial charge on any atom is -0.480 e. The summed E-state index contributed by atoms with van der Waals surface area (Å²) < 4.78 is 1.64. The Balaban J connectivity index is 2.48. The number of hydrogen-bond acceptors (Lipinski definition) is 3. The molecule has 0 aliphatic rings. The number of nitrogens with zero attached hydrogens (tertiary/aromatic N) is 4. The Bertz CT molecular complexity index is 832. The number of aromatic nitrogens is 2. The summed E-state index contributed by atoms with van der Waals surface area (Å²) in [5.41, 5.74) is 18.9. The number of aryl methyl sites for hydroxylation is 1. The molecule has 2 aromatic rings. The molecule has 0 atom stereocenters. The third-order valence-electron chi connectivity index (χ3n) is 3.34. The Hall–Kier alpha value is -3.36. The van der Waals surface area contributed by atoms with Gasteiger partial charge in [0.15, 0.2) is 5.96 Å². The number of imidazole rings is 1. The summed E-state index contributed by atoms with van der Waals surface area (Å²) in [4.78, 5) is 23.3. The molecule has 7 N–H and O–H groups in total. The predicted octanol–water partition coefficient (Wildman–Crippen LogP) is 0.471. The maximum atomic E-state index is 11.1. The highest BCUT2D eigenvalue weighted by Gasteiger charge is 2.15. The minimum atomic E-state index is -0.942. The average Bonchev–Trinajstić information content (AvgIpc) is 2.74. The van der Waals surface area contributed by atoms with E-state index in [4.69, 9.17) is 22.3 Å². The van der Waals surface area contributed by atoms with Crippen LogP contribution in [0.2, 0.25) is 0 Å². The van der Waals surface area contributed by atoms with Gasteiger partial charge in [-0.05, 0) is 26.0 Å². The van der Waals surface area contributed by atoms with E-state index in [1.54, 1.807) is 22.8 Å². The van der Waals surface area contributed by atoms with Crippen LogP contribution < -0.4 is 17.2 Å². The van der Waals surface area contributed by atoms with Gasteiger partial charge in [-0.15, -0.1) is 0 Å². The molecule has 9 nitrogen and oxygen atoms in total. The zero-order valence-electron chi connectivity index (χ0n) is 13.4. The van der Waals surface area contributed by atoms with Crippen LogP contribution in [0.1, 0.15) is 11.4 Å². The van der Waals surface area contributed by atoms with Crippen molar-refractivity contribution < 1.29 is 9.90 Å². The van der Waals surface area contributed by atoms with E-state index in [1.165, 1.54) is 0 Å². The third-order valence-corrected chi connectivity index (χ3v) is 3.34. The van der Waals surface area contributed by atoms with Gasteiger partial charge in [0.2, 0.25) is 5.96 Å². The van der Waals surface area contributed by atoms with E-state index < -0.39 is 5.97 Å². The van der Waals surface area contributed by atoms with Crippen molar-refractivity contribution in [1.82, 2.24) is 9.55 Å². The van der Waals surface area contributed by atoms with Crippen molar-refractivity contribution in [2.24, 2.45) is 27.2 Å². The molecule has 0 radical (unpaired) electrons. The number of carboxylic acid groups (broad SMARTS) is 1. The molecule has 0 unspecified atom stereocenters. The van der Waals surface area contributed by atoms with Gasteiger partial charge in [-0.2, -0.15) is 4.99 Å². The molecule has 0 saturated heterocycles. The van der Waals surface area contributed by atoms with Crippen LogP contribution >= 0.6 is 0 Å². The Morgan fingerprint density at radius 1 is 1.29 bits per heavy atom. The van der Waals surface area contributed by atoms with Crippen molar-refractivity contribution in [3.05, 3.63) is 35.7 Å². The summed E-state index contributed by atoms with van der Waals surface area (Å²) in [5, 5.41) is 9.10. The summed E-state index contributed by atoms with van der Waals surface area (Å²) in [6, 6.07) is 7.04. The molecule has 24 heavy (non-hydrogen) atoms. The number of guanidine groups is 2. The van der Waals surface area contributed by atoms with Crippen molar-refractivity contribution in [3.63, 3.8) is 0 Å². The van der Waals surface area contributed by atoms with E-state index >= 15 is 0 Å². The van der Waals surface area contributed by atoms with Crippen molar-refractivity contribution >= 4 is 23.6 Å². The molecule has 9 heteroatoms. The lowest BCUT2D eigenvalue weighted by molar-refractivity contribution is -0.137. The summed E-state index contributed by atoms with van der Waals surface area (Å²) in [7, 11) is 0. The van der Waals surface area contributed by atoms with Crippen molar-refractivity contribution in [2.75, 3.05) is 0 Å². The molecule has 0 spiro atoms. The highest BCUT2D eigenvalue weighted by atomic mass is 16.4. The van der Waals surface area contributed by atoms with Crippen molar-refractivity contribution in [2.45, 2.75) is 20.4 Å². The highest BCUT2D eigenvalue weighted by molar-refractivity contribution is 5.93. The largest absolute Gasteiger partial charge is 0.480 e. The number of benzene rings is 1. The summed E-state index contributed by atoms with van der Waals surface area (Å²) in [6.07, 6.45) is 0. The molecule has 0 bridgehead atoms. The molecule has 0 aliphatic heterocycles. The number of hydrogen-bond donors (Lipinski definition) is 4. The topological polar surface area (TPSA) is 158 Å². The van der Waals surface area contributed by atoms with Gasteiger partial charge < -0.3 is 26.9 Å². The van der Waals surface area contributed by atoms with Crippen LogP contribution in [-0.2, 0) is 11.3 Å². The van der Waals surface area contributed by atoms with Gasteiger partial charge in [0.25, 0.3) is 0 Å². The van der Waals surface area contributed by atoms with Crippen LogP contribution in [0.15, 0.2) is 34.3 Å². The summed E-state index contributed by atoms with van der Waals surface area (Å²) >= 11 is 0. The SMILES string of the molecule is Cc1nc(-c2cccc(N=C(N)N=C(N)N)c2)n(CC(=O)O)c1C. The fraction of sp³-hybridized carbons (Fsp3) is 0.200. The van der Waals surface area contributed by atoms with E-state index in [9.17, 15) is 4.79 Å². The Kier molecular flexibility index (Phi) is 4.83. The molecule has 1 heterocycles. The second-order valence-corrected chi connectivity index (χ2v) is 5.14. The maximum Gasteiger partial charge on any atom is 0.323 e. The highest BCUT2D eigenvalue weighted by Crippen LogP contribution is 2.25. The van der Waals surface area contributed by atoms with Crippen LogP contribution in [0.3, 0.4) is 0 Å². The fourth-order valence-corrected chi connectivity index (χ4v) is 2.21. The molecule has 0 fully saturated rings. The maximum absolute atomic E-state index is 11.1. The Morgan fingerprint density at radius 2 is 2.00 bits per heavy atom. The first-order valence-corrected chi connectivity index (χ1v) is 7.07. The molecule has 0 amide bonds. The van der Waals surface area contributed by atoms with E-state index in [-0.39, 0.29) is 18.5 Å². The lowest BCUT2D eigenvalue weighted by atomic mass is 10.2. The molecular weight excluding hydrogens is 310 g/mol. The summed E-state index contributed by atoms with van der Waals surface area (Å²) in [6.45, 7) is 3.48. The van der Waals surface area contributed by atoms with Crippen molar-refractivity contribution in [3.8, 4) is 11.4 Å². The number of aliphatic carboxylic acids is 1. The molecule has 1 aromatic heterocycles. The Labute approximate surface area is 138 Å². The first kappa shape index (κ1) is 17.0. The van der Waals surface area contributed by atoms with Crippen LogP contribution in [0.4, 0.5) is 5.69 Å². The van der Waals surface area contributed by atoms with Crippen LogP contribution in [-0.4, -0.2) is 32.5 Å². The normalized spacial score (nSPS) is 11.3. The lowest BCUT2D eigenvalue weighted by Gasteiger charge is -2.08. The van der Waals surface area contributed by atoms with E-state index in [2.05, 4.69) is 15.0 Å². The van der Waals surface area contributed by atoms with Gasteiger partial charge in [0.05, 0.1) is 11.4 Å². The molecule has 126 valence electrons. The van der Waals surface area contributed by atoms with E-state index in [0.29, 0.717) is 17.1 Å². The second-order valence-electron chi connectivity index (χ2n) is 5.14. The predicted molar refractivity (Wildman–Crippen MR) is 91.9 cm³/mol. The van der Waals surface area contributed by atoms with Gasteiger partial charge in [0, 0.05) is 11.3 Å². The number of carboxylic acids is 1. The smallest absolute Gasteiger partial charge is 0.323 e.